The van der Waals surface area contributed by atoms with Gasteiger partial charge in [0.2, 0.25) is 0 Å². The number of benzene rings is 1. The Morgan fingerprint density at radius 2 is 2.00 bits per heavy atom. The number of nitrogens with two attached hydrogens (primary N) is 1. The summed E-state index contributed by atoms with van der Waals surface area (Å²) in [5.41, 5.74) is 9.15. The molecule has 5 nitrogen and oxygen atoms in total. The first-order chi connectivity index (χ1) is 13.8. The first-order valence-corrected chi connectivity index (χ1v) is 10.7. The number of para-hydroxylation sites is 1. The van der Waals surface area contributed by atoms with Crippen LogP contribution in [0.15, 0.2) is 36.4 Å². The summed E-state index contributed by atoms with van der Waals surface area (Å²) >= 11 is 0. The van der Waals surface area contributed by atoms with E-state index in [9.17, 15) is 0 Å². The van der Waals surface area contributed by atoms with Gasteiger partial charge in [0.15, 0.2) is 5.82 Å². The van der Waals surface area contributed by atoms with Crippen LogP contribution in [0.25, 0.3) is 21.9 Å². The monoisotopic (exact) mass is 377 g/mol. The maximum atomic E-state index is 6.26. The summed E-state index contributed by atoms with van der Waals surface area (Å²) in [6.45, 7) is 3.97. The molecule has 0 bridgehead atoms. The zero-order valence-electron chi connectivity index (χ0n) is 16.8. The molecule has 5 heteroatoms. The summed E-state index contributed by atoms with van der Waals surface area (Å²) in [6, 6.07) is 8.92. The van der Waals surface area contributed by atoms with Crippen LogP contribution in [0.2, 0.25) is 0 Å². The fourth-order valence-electron chi connectivity index (χ4n) is 4.26. The molecule has 1 fully saturated rings. The number of unbranched alkanes of at least 4 members (excludes halogenated alkanes) is 1. The second-order valence-electron chi connectivity index (χ2n) is 7.81. The van der Waals surface area contributed by atoms with E-state index in [2.05, 4.69) is 46.1 Å². The first-order valence-electron chi connectivity index (χ1n) is 10.7. The van der Waals surface area contributed by atoms with Gasteiger partial charge in [-0.2, -0.15) is 0 Å². The lowest BCUT2D eigenvalue weighted by Gasteiger charge is -2.10. The summed E-state index contributed by atoms with van der Waals surface area (Å²) in [5, 5.41) is 4.77. The summed E-state index contributed by atoms with van der Waals surface area (Å²) in [4.78, 5) is 9.45. The summed E-state index contributed by atoms with van der Waals surface area (Å²) in [6.07, 6.45) is 13.1. The molecule has 3 N–H and O–H groups in total. The van der Waals surface area contributed by atoms with Gasteiger partial charge in [-0.05, 0) is 25.3 Å². The van der Waals surface area contributed by atoms with Crippen molar-refractivity contribution in [1.29, 1.82) is 0 Å². The molecule has 4 rings (SSSR count). The van der Waals surface area contributed by atoms with Gasteiger partial charge in [0, 0.05) is 30.9 Å². The molecule has 0 spiro atoms. The van der Waals surface area contributed by atoms with Crippen molar-refractivity contribution >= 4 is 27.8 Å². The van der Waals surface area contributed by atoms with Crippen molar-refractivity contribution in [3.8, 4) is 0 Å². The minimum Gasteiger partial charge on any atom is -0.382 e. The first kappa shape index (κ1) is 18.9. The fraction of sp³-hybridized carbons (Fsp3) is 0.478. The molecule has 3 aromatic rings. The van der Waals surface area contributed by atoms with Crippen LogP contribution in [-0.4, -0.2) is 27.1 Å². The number of nitrogen functional groups attached to an aromatic ring is 1. The van der Waals surface area contributed by atoms with Gasteiger partial charge in [-0.3, -0.25) is 0 Å². The van der Waals surface area contributed by atoms with Crippen molar-refractivity contribution in [1.82, 2.24) is 19.9 Å². The van der Waals surface area contributed by atoms with E-state index in [-0.39, 0.29) is 0 Å². The average Bonchev–Trinajstić information content (AvgIpc) is 3.35. The zero-order chi connectivity index (χ0) is 19.3. The lowest BCUT2D eigenvalue weighted by Crippen LogP contribution is -2.25. The van der Waals surface area contributed by atoms with E-state index in [1.54, 1.807) is 0 Å². The van der Waals surface area contributed by atoms with Crippen LogP contribution in [0, 0.1) is 0 Å². The summed E-state index contributed by atoms with van der Waals surface area (Å²) in [7, 11) is 0. The molecule has 2 aromatic heterocycles. The smallest absolute Gasteiger partial charge is 0.152 e. The van der Waals surface area contributed by atoms with E-state index in [0.717, 1.165) is 60.1 Å². The van der Waals surface area contributed by atoms with Crippen LogP contribution < -0.4 is 11.1 Å². The maximum absolute atomic E-state index is 6.26. The number of rotatable bonds is 8. The summed E-state index contributed by atoms with van der Waals surface area (Å²) in [5.74, 6) is 1.63. The minimum atomic E-state index is 0.525. The SMILES string of the molecule is CCCCc1nc2c(N)nc3ccccc3c2n1C/C=C/CNC1CCCC1. The molecule has 2 heterocycles. The van der Waals surface area contributed by atoms with Crippen molar-refractivity contribution in [2.45, 2.75) is 64.5 Å². The van der Waals surface area contributed by atoms with Crippen molar-refractivity contribution in [3.63, 3.8) is 0 Å². The third-order valence-corrected chi connectivity index (χ3v) is 5.78. The highest BCUT2D eigenvalue weighted by molar-refractivity contribution is 6.06. The molecular formula is C23H31N5. The van der Waals surface area contributed by atoms with Crippen molar-refractivity contribution < 1.29 is 0 Å². The Morgan fingerprint density at radius 1 is 1.18 bits per heavy atom. The second kappa shape index (κ2) is 8.74. The molecule has 148 valence electrons. The number of hydrogen-bond acceptors (Lipinski definition) is 4. The number of imidazole rings is 1. The lowest BCUT2D eigenvalue weighted by molar-refractivity contribution is 0.556. The molecule has 0 unspecified atom stereocenters. The Hall–Kier alpha value is -2.40. The topological polar surface area (TPSA) is 68.8 Å². The number of fused-ring (bicyclic) bond motifs is 3. The van der Waals surface area contributed by atoms with Gasteiger partial charge in [-0.25, -0.2) is 9.97 Å². The molecule has 0 radical (unpaired) electrons. The van der Waals surface area contributed by atoms with E-state index in [0.29, 0.717) is 11.9 Å². The molecule has 1 aromatic carbocycles. The standard InChI is InChI=1S/C23H31N5/c1-2-3-14-20-27-21-22(18-12-6-7-13-19(18)26-23(21)24)28(20)16-9-8-15-25-17-10-4-5-11-17/h6-9,12-13,17,25H,2-5,10-11,14-16H2,1H3,(H2,24,26)/b9-8+. The summed E-state index contributed by atoms with van der Waals surface area (Å²) < 4.78 is 2.33. The van der Waals surface area contributed by atoms with Gasteiger partial charge in [0.05, 0.1) is 11.0 Å². The lowest BCUT2D eigenvalue weighted by atomic mass is 10.2. The van der Waals surface area contributed by atoms with Crippen LogP contribution in [0.5, 0.6) is 0 Å². The second-order valence-corrected chi connectivity index (χ2v) is 7.81. The predicted molar refractivity (Wildman–Crippen MR) is 117 cm³/mol. The molecule has 1 saturated carbocycles. The fourth-order valence-corrected chi connectivity index (χ4v) is 4.26. The molecular weight excluding hydrogens is 346 g/mol. The van der Waals surface area contributed by atoms with Gasteiger partial charge in [-0.1, -0.05) is 56.5 Å². The van der Waals surface area contributed by atoms with E-state index >= 15 is 0 Å². The molecule has 1 aliphatic rings. The van der Waals surface area contributed by atoms with Gasteiger partial charge < -0.3 is 15.6 Å². The van der Waals surface area contributed by atoms with Gasteiger partial charge in [-0.15, -0.1) is 0 Å². The number of pyridine rings is 1. The molecule has 28 heavy (non-hydrogen) atoms. The normalized spacial score (nSPS) is 15.5. The van der Waals surface area contributed by atoms with Crippen molar-refractivity contribution in [2.75, 3.05) is 12.3 Å². The zero-order valence-corrected chi connectivity index (χ0v) is 16.8. The minimum absolute atomic E-state index is 0.525. The molecule has 0 aliphatic heterocycles. The van der Waals surface area contributed by atoms with E-state index in [1.165, 1.54) is 25.7 Å². The number of nitrogens with one attached hydrogen (secondary N) is 1. The predicted octanol–water partition coefficient (Wildman–Crippen LogP) is 4.60. The highest BCUT2D eigenvalue weighted by atomic mass is 15.1. The van der Waals surface area contributed by atoms with Crippen LogP contribution in [0.3, 0.4) is 0 Å². The largest absolute Gasteiger partial charge is 0.382 e. The Morgan fingerprint density at radius 3 is 2.82 bits per heavy atom. The number of aromatic nitrogens is 3. The van der Waals surface area contributed by atoms with Crippen molar-refractivity contribution in [2.24, 2.45) is 0 Å². The molecule has 0 saturated heterocycles. The van der Waals surface area contributed by atoms with Gasteiger partial charge in [0.25, 0.3) is 0 Å². The average molecular weight is 378 g/mol. The Balaban J connectivity index is 1.63. The quantitative estimate of drug-likeness (QED) is 0.563. The van der Waals surface area contributed by atoms with E-state index in [1.807, 2.05) is 12.1 Å². The molecule has 1 aliphatic carbocycles. The van der Waals surface area contributed by atoms with Gasteiger partial charge >= 0.3 is 0 Å². The Labute approximate surface area is 167 Å². The maximum Gasteiger partial charge on any atom is 0.152 e. The highest BCUT2D eigenvalue weighted by Crippen LogP contribution is 2.29. The van der Waals surface area contributed by atoms with Crippen molar-refractivity contribution in [3.05, 3.63) is 42.2 Å². The Bertz CT molecular complexity index is 966. The number of hydrogen-bond donors (Lipinski definition) is 2. The van der Waals surface area contributed by atoms with Crippen LogP contribution in [0.1, 0.15) is 51.3 Å². The highest BCUT2D eigenvalue weighted by Gasteiger charge is 2.16. The van der Waals surface area contributed by atoms with Crippen LogP contribution in [-0.2, 0) is 13.0 Å². The Kier molecular flexibility index (Phi) is 5.91. The van der Waals surface area contributed by atoms with E-state index in [4.69, 9.17) is 10.7 Å². The number of nitrogens with zero attached hydrogens (tertiary/aromatic N) is 3. The molecule has 0 amide bonds. The van der Waals surface area contributed by atoms with E-state index < -0.39 is 0 Å². The van der Waals surface area contributed by atoms with Gasteiger partial charge in [0.1, 0.15) is 11.3 Å². The molecule has 0 atom stereocenters. The third kappa shape index (κ3) is 3.90. The number of allylic oxidation sites excluding steroid dienone is 1. The number of aryl methyl sites for hydroxylation is 1. The van der Waals surface area contributed by atoms with Crippen LogP contribution >= 0.6 is 0 Å². The number of anilines is 1. The third-order valence-electron chi connectivity index (χ3n) is 5.78. The van der Waals surface area contributed by atoms with Crippen LogP contribution in [0.4, 0.5) is 5.82 Å².